The first-order valence-corrected chi connectivity index (χ1v) is 8.27. The van der Waals surface area contributed by atoms with Crippen molar-refractivity contribution >= 4 is 5.69 Å². The van der Waals surface area contributed by atoms with E-state index >= 15 is 0 Å². The predicted octanol–water partition coefficient (Wildman–Crippen LogP) is 5.09. The molecule has 0 bridgehead atoms. The zero-order valence-electron chi connectivity index (χ0n) is 14.6. The van der Waals surface area contributed by atoms with Gasteiger partial charge in [0, 0.05) is 11.3 Å². The van der Waals surface area contributed by atoms with Gasteiger partial charge in [-0.25, -0.2) is 0 Å². The van der Waals surface area contributed by atoms with Crippen LogP contribution in [0, 0.1) is 13.8 Å². The maximum atomic E-state index is 5.79. The van der Waals surface area contributed by atoms with Gasteiger partial charge in [0.05, 0.1) is 6.54 Å². The van der Waals surface area contributed by atoms with Crippen LogP contribution >= 0.6 is 0 Å². The molecule has 3 aromatic rings. The van der Waals surface area contributed by atoms with Crippen molar-refractivity contribution in [2.75, 3.05) is 5.32 Å². The van der Waals surface area contributed by atoms with Crippen LogP contribution in [0.15, 0.2) is 46.9 Å². The Bertz CT molecular complexity index is 819. The van der Waals surface area contributed by atoms with Gasteiger partial charge in [-0.3, -0.25) is 0 Å². The van der Waals surface area contributed by atoms with Crippen LogP contribution in [0.1, 0.15) is 42.3 Å². The van der Waals surface area contributed by atoms with Gasteiger partial charge in [-0.2, -0.15) is 0 Å². The van der Waals surface area contributed by atoms with E-state index in [2.05, 4.69) is 61.4 Å². The van der Waals surface area contributed by atoms with Gasteiger partial charge in [0.25, 0.3) is 0 Å². The van der Waals surface area contributed by atoms with Crippen LogP contribution in [0.2, 0.25) is 0 Å². The fourth-order valence-electron chi connectivity index (χ4n) is 2.71. The van der Waals surface area contributed by atoms with Crippen LogP contribution in [0.4, 0.5) is 5.69 Å². The molecule has 1 N–H and O–H groups in total. The molecule has 124 valence electrons. The average molecular weight is 321 g/mol. The van der Waals surface area contributed by atoms with Gasteiger partial charge in [-0.05, 0) is 43.0 Å². The fraction of sp³-hybridized carbons (Fsp3) is 0.300. The summed E-state index contributed by atoms with van der Waals surface area (Å²) in [5, 5.41) is 11.8. The highest BCUT2D eigenvalue weighted by atomic mass is 16.4. The van der Waals surface area contributed by atoms with Gasteiger partial charge in [0.1, 0.15) is 0 Å². The molecule has 0 radical (unpaired) electrons. The van der Waals surface area contributed by atoms with Crippen LogP contribution in [-0.4, -0.2) is 10.2 Å². The number of hydrogen-bond acceptors (Lipinski definition) is 4. The number of hydrogen-bond donors (Lipinski definition) is 1. The summed E-state index contributed by atoms with van der Waals surface area (Å²) in [7, 11) is 0. The van der Waals surface area contributed by atoms with Crippen molar-refractivity contribution in [3.63, 3.8) is 0 Å². The Labute approximate surface area is 142 Å². The molecular formula is C20H23N3O. The number of rotatable bonds is 5. The van der Waals surface area contributed by atoms with Gasteiger partial charge >= 0.3 is 0 Å². The monoisotopic (exact) mass is 321 g/mol. The quantitative estimate of drug-likeness (QED) is 0.711. The van der Waals surface area contributed by atoms with Crippen molar-refractivity contribution in [3.05, 3.63) is 65.0 Å². The van der Waals surface area contributed by atoms with Crippen molar-refractivity contribution in [2.24, 2.45) is 0 Å². The van der Waals surface area contributed by atoms with Crippen LogP contribution < -0.4 is 5.32 Å². The van der Waals surface area contributed by atoms with Crippen molar-refractivity contribution < 1.29 is 4.42 Å². The third-order valence-corrected chi connectivity index (χ3v) is 4.11. The standard InChI is InChI=1S/C20H23N3O/c1-13(2)17-7-5-6-15(4)19(17)21-12-18-22-23-20(24-18)16-10-8-14(3)9-11-16/h5-11,13,21H,12H2,1-4H3. The topological polar surface area (TPSA) is 51.0 Å². The third-order valence-electron chi connectivity index (χ3n) is 4.11. The maximum absolute atomic E-state index is 5.79. The molecule has 0 aliphatic carbocycles. The van der Waals surface area contributed by atoms with Gasteiger partial charge < -0.3 is 9.73 Å². The molecule has 1 heterocycles. The summed E-state index contributed by atoms with van der Waals surface area (Å²) >= 11 is 0. The van der Waals surface area contributed by atoms with E-state index in [1.54, 1.807) is 0 Å². The van der Waals surface area contributed by atoms with Crippen LogP contribution in [0.25, 0.3) is 11.5 Å². The first kappa shape index (κ1) is 16.2. The number of aryl methyl sites for hydroxylation is 2. The van der Waals surface area contributed by atoms with Crippen LogP contribution in [-0.2, 0) is 6.54 Å². The van der Waals surface area contributed by atoms with E-state index in [0.717, 1.165) is 11.3 Å². The van der Waals surface area contributed by atoms with E-state index in [-0.39, 0.29) is 0 Å². The molecule has 4 heteroatoms. The Hall–Kier alpha value is -2.62. The summed E-state index contributed by atoms with van der Waals surface area (Å²) in [6, 6.07) is 14.4. The Balaban J connectivity index is 1.76. The lowest BCUT2D eigenvalue weighted by Gasteiger charge is -2.16. The normalized spacial score (nSPS) is 11.0. The molecule has 1 aromatic heterocycles. The molecule has 0 saturated heterocycles. The van der Waals surface area contributed by atoms with E-state index < -0.39 is 0 Å². The highest BCUT2D eigenvalue weighted by molar-refractivity contribution is 5.58. The second-order valence-corrected chi connectivity index (χ2v) is 6.41. The molecular weight excluding hydrogens is 298 g/mol. The Kier molecular flexibility index (Phi) is 4.65. The number of nitrogens with zero attached hydrogens (tertiary/aromatic N) is 2. The molecule has 0 amide bonds. The summed E-state index contributed by atoms with van der Waals surface area (Å²) in [4.78, 5) is 0. The number of benzene rings is 2. The second-order valence-electron chi connectivity index (χ2n) is 6.41. The zero-order valence-corrected chi connectivity index (χ0v) is 14.6. The number of para-hydroxylation sites is 1. The molecule has 4 nitrogen and oxygen atoms in total. The maximum Gasteiger partial charge on any atom is 0.247 e. The van der Waals surface area contributed by atoms with Crippen LogP contribution in [0.5, 0.6) is 0 Å². The predicted molar refractivity (Wildman–Crippen MR) is 97.1 cm³/mol. The summed E-state index contributed by atoms with van der Waals surface area (Å²) in [6.45, 7) is 9.08. The van der Waals surface area contributed by atoms with Crippen molar-refractivity contribution in [3.8, 4) is 11.5 Å². The van der Waals surface area contributed by atoms with Gasteiger partial charge in [0.2, 0.25) is 11.8 Å². The molecule has 3 rings (SSSR count). The molecule has 2 aromatic carbocycles. The lowest BCUT2D eigenvalue weighted by Crippen LogP contribution is -2.05. The molecule has 0 unspecified atom stereocenters. The summed E-state index contributed by atoms with van der Waals surface area (Å²) in [5.41, 5.74) is 5.83. The summed E-state index contributed by atoms with van der Waals surface area (Å²) < 4.78 is 5.79. The Morgan fingerprint density at radius 2 is 1.75 bits per heavy atom. The fourth-order valence-corrected chi connectivity index (χ4v) is 2.71. The van der Waals surface area contributed by atoms with Crippen molar-refractivity contribution in [1.29, 1.82) is 0 Å². The number of aromatic nitrogens is 2. The minimum Gasteiger partial charge on any atom is -0.419 e. The number of nitrogens with one attached hydrogen (secondary N) is 1. The lowest BCUT2D eigenvalue weighted by molar-refractivity contribution is 0.515. The van der Waals surface area contributed by atoms with E-state index in [0.29, 0.717) is 24.2 Å². The minimum absolute atomic E-state index is 0.457. The SMILES string of the molecule is Cc1ccc(-c2nnc(CNc3c(C)cccc3C(C)C)o2)cc1. The third kappa shape index (κ3) is 3.48. The average Bonchev–Trinajstić information content (AvgIpc) is 3.03. The van der Waals surface area contributed by atoms with E-state index in [9.17, 15) is 0 Å². The molecule has 0 aliphatic rings. The van der Waals surface area contributed by atoms with Gasteiger partial charge in [0.15, 0.2) is 0 Å². The lowest BCUT2D eigenvalue weighted by atomic mass is 9.98. The minimum atomic E-state index is 0.457. The van der Waals surface area contributed by atoms with Gasteiger partial charge in [-0.1, -0.05) is 49.7 Å². The van der Waals surface area contributed by atoms with Crippen molar-refractivity contribution in [1.82, 2.24) is 10.2 Å². The first-order valence-electron chi connectivity index (χ1n) is 8.27. The van der Waals surface area contributed by atoms with Gasteiger partial charge in [-0.15, -0.1) is 10.2 Å². The first-order chi connectivity index (χ1) is 11.5. The Morgan fingerprint density at radius 1 is 1.00 bits per heavy atom. The molecule has 0 atom stereocenters. The van der Waals surface area contributed by atoms with E-state index in [1.165, 1.54) is 16.7 Å². The summed E-state index contributed by atoms with van der Waals surface area (Å²) in [5.74, 6) is 1.60. The molecule has 0 fully saturated rings. The van der Waals surface area contributed by atoms with E-state index in [1.807, 2.05) is 24.3 Å². The molecule has 0 saturated carbocycles. The molecule has 0 aliphatic heterocycles. The zero-order chi connectivity index (χ0) is 17.1. The van der Waals surface area contributed by atoms with Crippen LogP contribution in [0.3, 0.4) is 0 Å². The smallest absolute Gasteiger partial charge is 0.247 e. The number of anilines is 1. The largest absolute Gasteiger partial charge is 0.419 e. The Morgan fingerprint density at radius 3 is 2.46 bits per heavy atom. The highest BCUT2D eigenvalue weighted by Gasteiger charge is 2.12. The van der Waals surface area contributed by atoms with E-state index in [4.69, 9.17) is 4.42 Å². The molecule has 24 heavy (non-hydrogen) atoms. The molecule has 0 spiro atoms. The second kappa shape index (κ2) is 6.87. The van der Waals surface area contributed by atoms with Crippen molar-refractivity contribution in [2.45, 2.75) is 40.2 Å². The highest BCUT2D eigenvalue weighted by Crippen LogP contribution is 2.28. The summed E-state index contributed by atoms with van der Waals surface area (Å²) in [6.07, 6.45) is 0.